The summed E-state index contributed by atoms with van der Waals surface area (Å²) in [4.78, 5) is 0. The van der Waals surface area contributed by atoms with Gasteiger partial charge in [0.1, 0.15) is 11.3 Å². The van der Waals surface area contributed by atoms with Crippen molar-refractivity contribution in [1.29, 1.82) is 0 Å². The fourth-order valence-electron chi connectivity index (χ4n) is 2.40. The predicted molar refractivity (Wildman–Crippen MR) is 88.2 cm³/mol. The van der Waals surface area contributed by atoms with Gasteiger partial charge < -0.3 is 0 Å². The van der Waals surface area contributed by atoms with Crippen LogP contribution in [0.15, 0.2) is 60.8 Å². The molecular formula is C17H17N2O3S+. The molecule has 23 heavy (non-hydrogen) atoms. The molecule has 6 heteroatoms. The predicted octanol–water partition coefficient (Wildman–Crippen LogP) is 2.17. The molecule has 0 saturated heterocycles. The van der Waals surface area contributed by atoms with Crippen LogP contribution in [0.2, 0.25) is 0 Å². The SMILES string of the molecule is COS(=O)(=O)CC[n+]1ccc2cccc(-c3ccccc3)c2n1. The Bertz CT molecular complexity index is 925. The third-order valence-corrected chi connectivity index (χ3v) is 4.82. The zero-order valence-corrected chi connectivity index (χ0v) is 13.5. The number of rotatable bonds is 5. The van der Waals surface area contributed by atoms with E-state index >= 15 is 0 Å². The molecular weight excluding hydrogens is 312 g/mol. The molecule has 1 heterocycles. The van der Waals surface area contributed by atoms with Gasteiger partial charge in [-0.25, -0.2) is 0 Å². The van der Waals surface area contributed by atoms with Gasteiger partial charge in [-0.05, 0) is 5.56 Å². The average molecular weight is 329 g/mol. The van der Waals surface area contributed by atoms with Crippen molar-refractivity contribution in [2.75, 3.05) is 12.9 Å². The second kappa shape index (κ2) is 6.44. The molecule has 118 valence electrons. The largest absolute Gasteiger partial charge is 0.273 e. The van der Waals surface area contributed by atoms with Crippen molar-refractivity contribution in [3.8, 4) is 11.1 Å². The summed E-state index contributed by atoms with van der Waals surface area (Å²) >= 11 is 0. The van der Waals surface area contributed by atoms with E-state index in [9.17, 15) is 8.42 Å². The molecule has 0 spiro atoms. The highest BCUT2D eigenvalue weighted by Gasteiger charge is 2.15. The Hall–Kier alpha value is -2.31. The fourth-order valence-corrected chi connectivity index (χ4v) is 2.98. The van der Waals surface area contributed by atoms with Gasteiger partial charge in [0.2, 0.25) is 0 Å². The summed E-state index contributed by atoms with van der Waals surface area (Å²) in [6, 6.07) is 17.9. The van der Waals surface area contributed by atoms with Crippen molar-refractivity contribution in [3.05, 3.63) is 60.8 Å². The lowest BCUT2D eigenvalue weighted by molar-refractivity contribution is -0.747. The van der Waals surface area contributed by atoms with Crippen LogP contribution >= 0.6 is 0 Å². The van der Waals surface area contributed by atoms with E-state index in [-0.39, 0.29) is 12.3 Å². The lowest BCUT2D eigenvalue weighted by atomic mass is 10.0. The van der Waals surface area contributed by atoms with Crippen LogP contribution in [0.3, 0.4) is 0 Å². The first-order valence-corrected chi connectivity index (χ1v) is 8.80. The second-order valence-corrected chi connectivity index (χ2v) is 6.97. The minimum Gasteiger partial charge on any atom is -0.273 e. The quantitative estimate of drug-likeness (QED) is 0.532. The maximum atomic E-state index is 11.5. The number of benzene rings is 2. The zero-order valence-electron chi connectivity index (χ0n) is 12.7. The van der Waals surface area contributed by atoms with Crippen LogP contribution in [-0.2, 0) is 20.8 Å². The summed E-state index contributed by atoms with van der Waals surface area (Å²) < 4.78 is 29.0. The van der Waals surface area contributed by atoms with Crippen LogP contribution in [0.25, 0.3) is 22.0 Å². The van der Waals surface area contributed by atoms with Crippen molar-refractivity contribution >= 4 is 21.0 Å². The smallest absolute Gasteiger partial charge is 0.273 e. The van der Waals surface area contributed by atoms with E-state index in [1.165, 1.54) is 7.11 Å². The number of hydrogen-bond acceptors (Lipinski definition) is 4. The van der Waals surface area contributed by atoms with Gasteiger partial charge in [0.05, 0.1) is 7.11 Å². The highest BCUT2D eigenvalue weighted by molar-refractivity contribution is 7.86. The number of aromatic nitrogens is 2. The minimum absolute atomic E-state index is 0.111. The maximum absolute atomic E-state index is 11.5. The van der Waals surface area contributed by atoms with Crippen molar-refractivity contribution in [2.45, 2.75) is 6.54 Å². The van der Waals surface area contributed by atoms with Crippen molar-refractivity contribution in [3.63, 3.8) is 0 Å². The molecule has 0 unspecified atom stereocenters. The molecule has 0 saturated carbocycles. The molecule has 3 aromatic rings. The van der Waals surface area contributed by atoms with Crippen LogP contribution in [0.1, 0.15) is 0 Å². The van der Waals surface area contributed by atoms with Gasteiger partial charge in [0.15, 0.2) is 12.7 Å². The first-order valence-electron chi connectivity index (χ1n) is 7.22. The van der Waals surface area contributed by atoms with Crippen molar-refractivity contribution in [1.82, 2.24) is 5.10 Å². The summed E-state index contributed by atoms with van der Waals surface area (Å²) in [7, 11) is -2.33. The number of fused-ring (bicyclic) bond motifs is 1. The Balaban J connectivity index is 2.01. The van der Waals surface area contributed by atoms with Gasteiger partial charge >= 0.3 is 0 Å². The van der Waals surface area contributed by atoms with Gasteiger partial charge in [-0.3, -0.25) is 4.18 Å². The molecule has 0 N–H and O–H groups in total. The van der Waals surface area contributed by atoms with Crippen molar-refractivity contribution in [2.24, 2.45) is 0 Å². The summed E-state index contributed by atoms with van der Waals surface area (Å²) in [6.45, 7) is 0.245. The van der Waals surface area contributed by atoms with Crippen LogP contribution in [-0.4, -0.2) is 26.4 Å². The molecule has 0 radical (unpaired) electrons. The Labute approximate surface area is 135 Å². The Morgan fingerprint density at radius 3 is 2.57 bits per heavy atom. The summed E-state index contributed by atoms with van der Waals surface area (Å²) in [5.74, 6) is -0.111. The Morgan fingerprint density at radius 1 is 1.04 bits per heavy atom. The number of nitrogens with zero attached hydrogens (tertiary/aromatic N) is 2. The number of aryl methyl sites for hydroxylation is 1. The van der Waals surface area contributed by atoms with Crippen LogP contribution < -0.4 is 4.68 Å². The molecule has 0 fully saturated rings. The second-order valence-electron chi connectivity index (χ2n) is 5.12. The molecule has 0 atom stereocenters. The van der Waals surface area contributed by atoms with Gasteiger partial charge in [-0.1, -0.05) is 53.2 Å². The summed E-state index contributed by atoms with van der Waals surface area (Å²) in [6.07, 6.45) is 1.78. The molecule has 5 nitrogen and oxygen atoms in total. The normalized spacial score (nSPS) is 11.7. The van der Waals surface area contributed by atoms with Gasteiger partial charge in [0, 0.05) is 22.1 Å². The molecule has 0 aliphatic heterocycles. The van der Waals surface area contributed by atoms with Crippen LogP contribution in [0, 0.1) is 0 Å². The van der Waals surface area contributed by atoms with E-state index in [1.807, 2.05) is 54.6 Å². The molecule has 0 aliphatic rings. The van der Waals surface area contributed by atoms with E-state index in [4.69, 9.17) is 0 Å². The summed E-state index contributed by atoms with van der Waals surface area (Å²) in [5, 5.41) is 5.60. The molecule has 3 rings (SSSR count). The minimum atomic E-state index is -3.49. The van der Waals surface area contributed by atoms with Crippen LogP contribution in [0.5, 0.6) is 0 Å². The lowest BCUT2D eigenvalue weighted by Crippen LogP contribution is -2.40. The molecule has 0 amide bonds. The topological polar surface area (TPSA) is 60.1 Å². The Kier molecular flexibility index (Phi) is 4.36. The van der Waals surface area contributed by atoms with Gasteiger partial charge in [0.25, 0.3) is 10.1 Å². The first-order chi connectivity index (χ1) is 11.1. The highest BCUT2D eigenvalue weighted by Crippen LogP contribution is 2.25. The maximum Gasteiger partial charge on any atom is 0.273 e. The van der Waals surface area contributed by atoms with E-state index in [0.717, 1.165) is 22.0 Å². The summed E-state index contributed by atoms with van der Waals surface area (Å²) in [5.41, 5.74) is 2.94. The number of hydrogen-bond donors (Lipinski definition) is 0. The Morgan fingerprint density at radius 2 is 1.83 bits per heavy atom. The molecule has 1 aromatic heterocycles. The van der Waals surface area contributed by atoms with Crippen LogP contribution in [0.4, 0.5) is 0 Å². The van der Waals surface area contributed by atoms with E-state index in [2.05, 4.69) is 9.28 Å². The van der Waals surface area contributed by atoms with E-state index in [0.29, 0.717) is 0 Å². The third-order valence-electron chi connectivity index (χ3n) is 3.63. The van der Waals surface area contributed by atoms with Crippen molar-refractivity contribution < 1.29 is 17.3 Å². The molecule has 0 aliphatic carbocycles. The monoisotopic (exact) mass is 329 g/mol. The van der Waals surface area contributed by atoms with E-state index in [1.54, 1.807) is 10.9 Å². The third kappa shape index (κ3) is 3.55. The van der Waals surface area contributed by atoms with E-state index < -0.39 is 10.1 Å². The van der Waals surface area contributed by atoms with Gasteiger partial charge in [-0.15, -0.1) is 0 Å². The van der Waals surface area contributed by atoms with Gasteiger partial charge in [-0.2, -0.15) is 8.42 Å². The first kappa shape index (κ1) is 15.6. The molecule has 0 bridgehead atoms. The fraction of sp³-hybridized carbons (Fsp3) is 0.176. The molecule has 2 aromatic carbocycles. The standard InChI is InChI=1S/C17H17N2O3S/c1-22-23(20,21)13-12-19-11-10-15-8-5-9-16(17(15)18-19)14-6-3-2-4-7-14/h2-11H,12-13H2,1H3/q+1. The highest BCUT2D eigenvalue weighted by atomic mass is 32.2. The average Bonchev–Trinajstić information content (AvgIpc) is 2.60. The lowest BCUT2D eigenvalue weighted by Gasteiger charge is -2.04. The zero-order chi connectivity index (χ0) is 16.3.